The summed E-state index contributed by atoms with van der Waals surface area (Å²) in [5.74, 6) is 0.362. The highest BCUT2D eigenvalue weighted by atomic mass is 35.5. The first-order chi connectivity index (χ1) is 18.4. The van der Waals surface area contributed by atoms with Crippen molar-refractivity contribution in [2.24, 2.45) is 5.73 Å². The van der Waals surface area contributed by atoms with Crippen molar-refractivity contribution in [2.75, 3.05) is 36.4 Å². The van der Waals surface area contributed by atoms with Crippen LogP contribution >= 0.6 is 23.7 Å². The Morgan fingerprint density at radius 1 is 1.03 bits per heavy atom. The second-order valence-corrected chi connectivity index (χ2v) is 12.3. The molecule has 0 radical (unpaired) electrons. The Morgan fingerprint density at radius 2 is 1.85 bits per heavy atom. The zero-order valence-electron chi connectivity index (χ0n) is 20.9. The minimum atomic E-state index is -3.79. The maximum Gasteiger partial charge on any atom is 0.248 e. The molecule has 1 amide bonds. The van der Waals surface area contributed by atoms with E-state index in [-0.39, 0.29) is 27.8 Å². The van der Waals surface area contributed by atoms with Gasteiger partial charge in [0.05, 0.1) is 15.5 Å². The number of nitrogens with zero attached hydrogens (tertiary/aromatic N) is 3. The molecule has 0 atom stereocenters. The monoisotopic (exact) mass is 582 g/mol. The fourth-order valence-corrected chi connectivity index (χ4v) is 7.51. The maximum absolute atomic E-state index is 13.6. The molecule has 39 heavy (non-hydrogen) atoms. The van der Waals surface area contributed by atoms with Gasteiger partial charge < -0.3 is 21.3 Å². The number of carbonyl (C=O) groups is 1. The Balaban J connectivity index is 0.00000308. The van der Waals surface area contributed by atoms with Gasteiger partial charge in [0.1, 0.15) is 10.8 Å². The second kappa shape index (κ2) is 10.9. The van der Waals surface area contributed by atoms with Gasteiger partial charge in [-0.25, -0.2) is 18.4 Å². The lowest BCUT2D eigenvalue weighted by atomic mass is 10.0. The van der Waals surface area contributed by atoms with Gasteiger partial charge in [-0.05, 0) is 47.5 Å². The number of pyridine rings is 1. The number of halogens is 1. The molecular weight excluding hydrogens is 556 g/mol. The summed E-state index contributed by atoms with van der Waals surface area (Å²) in [7, 11) is -3.79. The number of thiazole rings is 1. The Hall–Kier alpha value is -3.51. The molecule has 0 spiro atoms. The Kier molecular flexibility index (Phi) is 7.59. The number of fused-ring (bicyclic) bond motifs is 2. The summed E-state index contributed by atoms with van der Waals surface area (Å²) in [6.45, 7) is 4.11. The topological polar surface area (TPSA) is 130 Å². The summed E-state index contributed by atoms with van der Waals surface area (Å²) in [4.78, 5) is 24.6. The van der Waals surface area contributed by atoms with Gasteiger partial charge in [-0.15, -0.1) is 23.7 Å². The minimum Gasteiger partial charge on any atom is -0.380 e. The number of primary amides is 1. The molecule has 9 nitrogen and oxygen atoms in total. The molecule has 2 aromatic heterocycles. The molecule has 0 aliphatic carbocycles. The van der Waals surface area contributed by atoms with E-state index in [2.05, 4.69) is 31.6 Å². The fourth-order valence-electron chi connectivity index (χ4n) is 4.89. The molecule has 1 saturated heterocycles. The molecule has 2 aliphatic rings. The third-order valence-electron chi connectivity index (χ3n) is 6.88. The van der Waals surface area contributed by atoms with Crippen molar-refractivity contribution in [3.8, 4) is 10.6 Å². The normalized spacial score (nSPS) is 15.7. The molecule has 2 aromatic carbocycles. The lowest BCUT2D eigenvalue weighted by molar-refractivity contribution is 0.1000. The highest BCUT2D eigenvalue weighted by Gasteiger charge is 2.29. The second-order valence-electron chi connectivity index (χ2n) is 9.28. The minimum absolute atomic E-state index is 0. The van der Waals surface area contributed by atoms with E-state index >= 15 is 0 Å². The van der Waals surface area contributed by atoms with Crippen LogP contribution in [-0.2, 0) is 22.8 Å². The number of benzene rings is 2. The van der Waals surface area contributed by atoms with Gasteiger partial charge in [0, 0.05) is 67.5 Å². The van der Waals surface area contributed by atoms with Crippen molar-refractivity contribution >= 4 is 51.0 Å². The molecule has 202 valence electrons. The van der Waals surface area contributed by atoms with Gasteiger partial charge in [-0.3, -0.25) is 4.79 Å². The molecule has 2 aliphatic heterocycles. The van der Waals surface area contributed by atoms with Gasteiger partial charge in [0.2, 0.25) is 15.7 Å². The SMILES string of the molecule is Cl.NC(=O)c1ccc2c(c1)NCc1c(Cc3cnc(-c4ccc(N5CCNCC5)nc4)s3)cccc1S2(=O)=O. The van der Waals surface area contributed by atoms with Crippen molar-refractivity contribution in [2.45, 2.75) is 22.8 Å². The smallest absolute Gasteiger partial charge is 0.248 e. The van der Waals surface area contributed by atoms with Crippen LogP contribution in [0, 0.1) is 0 Å². The van der Waals surface area contributed by atoms with Gasteiger partial charge >= 0.3 is 0 Å². The van der Waals surface area contributed by atoms with Gasteiger partial charge in [-0.1, -0.05) is 12.1 Å². The fraction of sp³-hybridized carbons (Fsp3) is 0.222. The van der Waals surface area contributed by atoms with Crippen LogP contribution in [-0.4, -0.2) is 50.5 Å². The lowest BCUT2D eigenvalue weighted by Gasteiger charge is -2.28. The number of sulfone groups is 1. The van der Waals surface area contributed by atoms with Crippen LogP contribution < -0.4 is 21.3 Å². The number of nitrogens with one attached hydrogen (secondary N) is 2. The summed E-state index contributed by atoms with van der Waals surface area (Å²) in [6.07, 6.45) is 4.26. The van der Waals surface area contributed by atoms with Crippen molar-refractivity contribution in [3.63, 3.8) is 0 Å². The standard InChI is InChI=1S/C27H26N6O3S2.ClH/c28-26(34)18-4-6-24-22(13-18)30-16-21-17(2-1-3-23(21)38(24,35)36)12-20-15-32-27(37-20)19-5-7-25(31-14-19)33-10-8-29-9-11-33;/h1-7,13-15,29-30H,8-12,16H2,(H2,28,34);1H. The molecule has 4 N–H and O–H groups in total. The molecule has 0 unspecified atom stereocenters. The zero-order chi connectivity index (χ0) is 26.3. The van der Waals surface area contributed by atoms with Crippen molar-refractivity contribution < 1.29 is 13.2 Å². The number of aromatic nitrogens is 2. The van der Waals surface area contributed by atoms with Crippen LogP contribution in [0.5, 0.6) is 0 Å². The third-order valence-corrected chi connectivity index (χ3v) is 9.83. The molecule has 0 saturated carbocycles. The van der Waals surface area contributed by atoms with Crippen molar-refractivity contribution in [1.29, 1.82) is 0 Å². The van der Waals surface area contributed by atoms with Crippen LogP contribution in [0.2, 0.25) is 0 Å². The summed E-state index contributed by atoms with van der Waals surface area (Å²) in [5.41, 5.74) is 8.61. The van der Waals surface area contributed by atoms with Gasteiger partial charge in [0.15, 0.2) is 0 Å². The van der Waals surface area contributed by atoms with Crippen molar-refractivity contribution in [1.82, 2.24) is 15.3 Å². The molecule has 0 bridgehead atoms. The lowest BCUT2D eigenvalue weighted by Crippen LogP contribution is -2.43. The number of rotatable bonds is 5. The number of nitrogens with two attached hydrogens (primary N) is 1. The zero-order valence-corrected chi connectivity index (χ0v) is 23.3. The first kappa shape index (κ1) is 27.1. The number of hydrogen-bond acceptors (Lipinski definition) is 9. The van der Waals surface area contributed by atoms with Crippen LogP contribution in [0.3, 0.4) is 0 Å². The highest BCUT2D eigenvalue weighted by molar-refractivity contribution is 7.91. The Bertz CT molecular complexity index is 1630. The van der Waals surface area contributed by atoms with E-state index in [4.69, 9.17) is 5.73 Å². The van der Waals surface area contributed by atoms with E-state index in [0.717, 1.165) is 53.0 Å². The summed E-state index contributed by atoms with van der Waals surface area (Å²) in [6, 6.07) is 13.8. The molecule has 4 heterocycles. The molecular formula is C27H27ClN6O3S2. The Morgan fingerprint density at radius 3 is 2.59 bits per heavy atom. The first-order valence-corrected chi connectivity index (χ1v) is 14.6. The van der Waals surface area contributed by atoms with Crippen LogP contribution in [0.15, 0.2) is 70.7 Å². The number of amides is 1. The molecule has 1 fully saturated rings. The van der Waals surface area contributed by atoms with Gasteiger partial charge in [-0.2, -0.15) is 0 Å². The largest absolute Gasteiger partial charge is 0.380 e. The quantitative estimate of drug-likeness (QED) is 0.326. The van der Waals surface area contributed by atoms with Gasteiger partial charge in [0.25, 0.3) is 0 Å². The average molecular weight is 583 g/mol. The average Bonchev–Trinajstić information content (AvgIpc) is 3.36. The van der Waals surface area contributed by atoms with E-state index in [1.54, 1.807) is 23.5 Å². The van der Waals surface area contributed by atoms with E-state index in [0.29, 0.717) is 24.2 Å². The maximum atomic E-state index is 13.6. The van der Waals surface area contributed by atoms with E-state index in [1.807, 2.05) is 24.5 Å². The van der Waals surface area contributed by atoms with Crippen LogP contribution in [0.1, 0.15) is 26.4 Å². The van der Waals surface area contributed by atoms with E-state index in [1.165, 1.54) is 18.2 Å². The Labute approximate surface area is 236 Å². The number of piperazine rings is 1. The summed E-state index contributed by atoms with van der Waals surface area (Å²) < 4.78 is 27.1. The predicted octanol–water partition coefficient (Wildman–Crippen LogP) is 3.48. The summed E-state index contributed by atoms with van der Waals surface area (Å²) >= 11 is 1.57. The van der Waals surface area contributed by atoms with E-state index in [9.17, 15) is 13.2 Å². The third kappa shape index (κ3) is 5.22. The van der Waals surface area contributed by atoms with Crippen LogP contribution in [0.4, 0.5) is 11.5 Å². The summed E-state index contributed by atoms with van der Waals surface area (Å²) in [5, 5.41) is 7.43. The molecule has 12 heteroatoms. The van der Waals surface area contributed by atoms with Crippen molar-refractivity contribution in [3.05, 3.63) is 82.5 Å². The van der Waals surface area contributed by atoms with E-state index < -0.39 is 15.7 Å². The molecule has 6 rings (SSSR count). The number of carbonyl (C=O) groups excluding carboxylic acids is 1. The first-order valence-electron chi connectivity index (χ1n) is 12.3. The number of hydrogen-bond donors (Lipinski definition) is 3. The number of anilines is 2. The predicted molar refractivity (Wildman–Crippen MR) is 155 cm³/mol. The molecule has 4 aromatic rings. The highest BCUT2D eigenvalue weighted by Crippen LogP contribution is 2.36. The van der Waals surface area contributed by atoms with Crippen LogP contribution in [0.25, 0.3) is 10.6 Å².